The number of thiol groups is 1. The molecule has 0 saturated carbocycles. The number of rotatable bonds is 4. The van der Waals surface area contributed by atoms with Gasteiger partial charge in [0.1, 0.15) is 22.0 Å². The highest BCUT2D eigenvalue weighted by Crippen LogP contribution is 2.32. The van der Waals surface area contributed by atoms with Gasteiger partial charge in [0.05, 0.1) is 24.4 Å². The Morgan fingerprint density at radius 1 is 1.35 bits per heavy atom. The molecule has 0 unspecified atom stereocenters. The molecule has 0 aliphatic rings. The normalized spacial score (nSPS) is 10.4. The molecule has 0 saturated heterocycles. The Morgan fingerprint density at radius 2 is 2.00 bits per heavy atom. The molecule has 0 amide bonds. The van der Waals surface area contributed by atoms with Crippen LogP contribution in [0.5, 0.6) is 5.75 Å². The first-order valence-corrected chi connectivity index (χ1v) is 6.72. The molecule has 17 heavy (non-hydrogen) atoms. The van der Waals surface area contributed by atoms with Gasteiger partial charge in [-0.25, -0.2) is 13.2 Å². The largest absolute Gasteiger partial charge is 0.495 e. The summed E-state index contributed by atoms with van der Waals surface area (Å²) in [6.07, 6.45) is 0. The van der Waals surface area contributed by atoms with Gasteiger partial charge in [0.2, 0.25) is 0 Å². The summed E-state index contributed by atoms with van der Waals surface area (Å²) in [7, 11) is -0.00620. The van der Waals surface area contributed by atoms with Crippen molar-refractivity contribution in [1.29, 1.82) is 0 Å². The smallest absolute Gasteiger partial charge is 0.342 e. The molecule has 1 aromatic carbocycles. The van der Waals surface area contributed by atoms with Gasteiger partial charge in [-0.1, -0.05) is 6.07 Å². The van der Waals surface area contributed by atoms with Crippen LogP contribution in [0.25, 0.3) is 0 Å². The number of hydrogen-bond acceptors (Lipinski definition) is 5. The maximum atomic E-state index is 11.6. The van der Waals surface area contributed by atoms with Gasteiger partial charge in [0.15, 0.2) is 0 Å². The minimum Gasteiger partial charge on any atom is -0.495 e. The third-order valence-electron chi connectivity index (χ3n) is 2.09. The highest BCUT2D eigenvalue weighted by molar-refractivity contribution is 9.10. The summed E-state index contributed by atoms with van der Waals surface area (Å²) in [5.74, 6) is -0.593. The van der Waals surface area contributed by atoms with Gasteiger partial charge in [-0.3, -0.25) is 0 Å². The van der Waals surface area contributed by atoms with Crippen molar-refractivity contribution in [3.63, 3.8) is 0 Å². The molecule has 5 nitrogen and oxygen atoms in total. The Bertz CT molecular complexity index is 502. The molecule has 1 rings (SSSR count). The molecule has 0 radical (unpaired) electrons. The molecule has 0 N–H and O–H groups in total. The van der Waals surface area contributed by atoms with E-state index in [0.717, 1.165) is 0 Å². The van der Waals surface area contributed by atoms with Gasteiger partial charge in [-0.2, -0.15) is 0 Å². The van der Waals surface area contributed by atoms with Crippen LogP contribution in [-0.2, 0) is 21.2 Å². The molecule has 0 atom stereocenters. The van der Waals surface area contributed by atoms with Gasteiger partial charge in [-0.05, 0) is 27.6 Å². The van der Waals surface area contributed by atoms with Gasteiger partial charge in [-0.15, -0.1) is 0 Å². The van der Waals surface area contributed by atoms with Crippen LogP contribution in [0, 0.1) is 0 Å². The van der Waals surface area contributed by atoms with E-state index in [1.54, 1.807) is 12.1 Å². The van der Waals surface area contributed by atoms with E-state index >= 15 is 0 Å². The van der Waals surface area contributed by atoms with Crippen LogP contribution in [0.4, 0.5) is 0 Å². The van der Waals surface area contributed by atoms with Crippen molar-refractivity contribution in [2.24, 2.45) is 0 Å². The Morgan fingerprint density at radius 3 is 2.47 bits per heavy atom. The molecule has 0 fully saturated rings. The van der Waals surface area contributed by atoms with Crippen molar-refractivity contribution in [3.8, 4) is 5.75 Å². The van der Waals surface area contributed by atoms with Crippen molar-refractivity contribution in [3.05, 3.63) is 27.7 Å². The summed E-state index contributed by atoms with van der Waals surface area (Å²) in [6, 6.07) is 3.17. The van der Waals surface area contributed by atoms with Crippen molar-refractivity contribution >= 4 is 32.6 Å². The Kier molecular flexibility index (Phi) is 4.95. The van der Waals surface area contributed by atoms with Gasteiger partial charge in [0.25, 0.3) is 0 Å². The minimum atomic E-state index is -2.63. The second-order valence-corrected chi connectivity index (χ2v) is 4.93. The molecular formula is C10H11BrO5S. The predicted molar refractivity (Wildman–Crippen MR) is 66.1 cm³/mol. The summed E-state index contributed by atoms with van der Waals surface area (Å²) >= 11 is 3.22. The molecule has 1 aromatic rings. The van der Waals surface area contributed by atoms with Crippen LogP contribution in [0.15, 0.2) is 16.6 Å². The maximum absolute atomic E-state index is 11.6. The van der Waals surface area contributed by atoms with E-state index in [9.17, 15) is 13.2 Å². The molecular weight excluding hydrogens is 312 g/mol. The van der Waals surface area contributed by atoms with Gasteiger partial charge >= 0.3 is 5.97 Å². The fourth-order valence-electron chi connectivity index (χ4n) is 1.39. The van der Waals surface area contributed by atoms with Crippen LogP contribution in [0.3, 0.4) is 0 Å². The predicted octanol–water partition coefficient (Wildman–Crippen LogP) is 1.36. The second-order valence-electron chi connectivity index (χ2n) is 3.10. The number of benzene rings is 1. The zero-order chi connectivity index (χ0) is 13.0. The first-order valence-electron chi connectivity index (χ1n) is 4.56. The van der Waals surface area contributed by atoms with Crippen LogP contribution < -0.4 is 4.74 Å². The molecule has 94 valence electrons. The van der Waals surface area contributed by atoms with Crippen molar-refractivity contribution < 1.29 is 22.7 Å². The number of carbonyl (C=O) groups is 1. The van der Waals surface area contributed by atoms with E-state index in [1.807, 2.05) is 0 Å². The topological polar surface area (TPSA) is 69.7 Å². The van der Waals surface area contributed by atoms with E-state index < -0.39 is 16.7 Å². The summed E-state index contributed by atoms with van der Waals surface area (Å²) in [4.78, 5) is 11.6. The molecule has 0 aliphatic carbocycles. The molecule has 0 spiro atoms. The molecule has 7 heteroatoms. The van der Waals surface area contributed by atoms with E-state index in [0.29, 0.717) is 10.0 Å². The lowest BCUT2D eigenvalue weighted by Crippen LogP contribution is -2.09. The number of halogens is 1. The summed E-state index contributed by atoms with van der Waals surface area (Å²) in [5.41, 5.74) is 0.483. The van der Waals surface area contributed by atoms with E-state index in [1.165, 1.54) is 14.2 Å². The summed E-state index contributed by atoms with van der Waals surface area (Å²) in [6.45, 7) is 0. The quantitative estimate of drug-likeness (QED) is 0.669. The number of ether oxygens (including phenoxy) is 2. The SMILES string of the molecule is COC(=O)c1c(C[SH](=O)=O)ccc(Br)c1OC. The van der Waals surface area contributed by atoms with Crippen LogP contribution >= 0.6 is 15.9 Å². The average Bonchev–Trinajstić information content (AvgIpc) is 2.29. The van der Waals surface area contributed by atoms with Crippen molar-refractivity contribution in [2.75, 3.05) is 14.2 Å². The van der Waals surface area contributed by atoms with Crippen LogP contribution in [-0.4, -0.2) is 28.6 Å². The van der Waals surface area contributed by atoms with Crippen LogP contribution in [0.1, 0.15) is 15.9 Å². The standard InChI is InChI=1S/C10H11BrO5S/c1-15-9-7(11)4-3-6(5-17(13)14)8(9)10(12)16-2/h3-4,17H,5H2,1-2H3. The minimum absolute atomic E-state index is 0.128. The summed E-state index contributed by atoms with van der Waals surface area (Å²) < 4.78 is 31.8. The third kappa shape index (κ3) is 3.19. The zero-order valence-electron chi connectivity index (χ0n) is 9.23. The molecule has 0 bridgehead atoms. The van der Waals surface area contributed by atoms with E-state index in [2.05, 4.69) is 20.7 Å². The first-order chi connectivity index (χ1) is 8.01. The van der Waals surface area contributed by atoms with Crippen LogP contribution in [0.2, 0.25) is 0 Å². The molecule has 0 aromatic heterocycles. The Labute approximate surface area is 109 Å². The van der Waals surface area contributed by atoms with Crippen molar-refractivity contribution in [2.45, 2.75) is 5.75 Å². The second kappa shape index (κ2) is 6.02. The third-order valence-corrected chi connectivity index (χ3v) is 3.31. The van der Waals surface area contributed by atoms with Gasteiger partial charge < -0.3 is 9.47 Å². The highest BCUT2D eigenvalue weighted by atomic mass is 79.9. The first kappa shape index (κ1) is 14.0. The molecule has 0 aliphatic heterocycles. The van der Waals surface area contributed by atoms with E-state index in [4.69, 9.17) is 4.74 Å². The molecule has 0 heterocycles. The highest BCUT2D eigenvalue weighted by Gasteiger charge is 2.20. The lowest BCUT2D eigenvalue weighted by atomic mass is 10.1. The zero-order valence-corrected chi connectivity index (χ0v) is 11.7. The number of esters is 1. The van der Waals surface area contributed by atoms with Gasteiger partial charge in [0, 0.05) is 0 Å². The summed E-state index contributed by atoms with van der Waals surface area (Å²) in [5, 5.41) is 0. The number of methoxy groups -OCH3 is 2. The number of hydrogen-bond donors (Lipinski definition) is 1. The fraction of sp³-hybridized carbons (Fsp3) is 0.300. The lowest BCUT2D eigenvalue weighted by molar-refractivity contribution is 0.0596. The fourth-order valence-corrected chi connectivity index (χ4v) is 2.43. The van der Waals surface area contributed by atoms with Crippen molar-refractivity contribution in [1.82, 2.24) is 0 Å². The average molecular weight is 323 g/mol. The Hall–Kier alpha value is -1.08. The number of carbonyl (C=O) groups excluding carboxylic acids is 1. The monoisotopic (exact) mass is 322 g/mol. The Balaban J connectivity index is 3.44. The maximum Gasteiger partial charge on any atom is 0.342 e. The lowest BCUT2D eigenvalue weighted by Gasteiger charge is -2.12. The van der Waals surface area contributed by atoms with E-state index in [-0.39, 0.29) is 17.1 Å².